The molecule has 13 heavy (non-hydrogen) atoms. The van der Waals surface area contributed by atoms with Crippen LogP contribution in [-0.4, -0.2) is 47.3 Å². The zero-order valence-corrected chi connectivity index (χ0v) is 7.94. The summed E-state index contributed by atoms with van der Waals surface area (Å²) in [7, 11) is 0. The second-order valence-corrected chi connectivity index (χ2v) is 2.60. The smallest absolute Gasteiger partial charge is 0.226 e. The van der Waals surface area contributed by atoms with Crippen LogP contribution in [-0.2, 0) is 4.79 Å². The van der Waals surface area contributed by atoms with Crippen molar-refractivity contribution in [3.8, 4) is 0 Å². The first-order valence-electron chi connectivity index (χ1n) is 4.37. The molecule has 0 aromatic rings. The molecule has 76 valence electrons. The summed E-state index contributed by atoms with van der Waals surface area (Å²) in [4.78, 5) is 12.8. The average molecular weight is 187 g/mol. The first-order valence-corrected chi connectivity index (χ1v) is 4.37. The predicted molar refractivity (Wildman–Crippen MR) is 50.2 cm³/mol. The largest absolute Gasteiger partial charge is 0.395 e. The fourth-order valence-electron chi connectivity index (χ4n) is 0.950. The zero-order chi connectivity index (χ0) is 10.1. The van der Waals surface area contributed by atoms with E-state index in [9.17, 15) is 4.79 Å². The van der Waals surface area contributed by atoms with Crippen LogP contribution in [0.15, 0.2) is 12.2 Å². The number of rotatable bonds is 6. The van der Waals surface area contributed by atoms with Crippen LogP contribution in [0.1, 0.15) is 13.3 Å². The normalized spacial score (nSPS) is 10.7. The molecule has 0 bridgehead atoms. The van der Waals surface area contributed by atoms with Gasteiger partial charge in [-0.3, -0.25) is 4.79 Å². The SMILES string of the molecule is C/C=C\CC(=O)N(CCO)CCO. The standard InChI is InChI=1S/C9H17NO3/c1-2-3-4-9(13)10(5-7-11)6-8-12/h2-3,11-12H,4-8H2,1H3/b3-2-. The topological polar surface area (TPSA) is 60.8 Å². The summed E-state index contributed by atoms with van der Waals surface area (Å²) in [6.07, 6.45) is 3.88. The number of carbonyl (C=O) groups is 1. The Morgan fingerprint density at radius 1 is 1.31 bits per heavy atom. The molecule has 0 aliphatic rings. The summed E-state index contributed by atoms with van der Waals surface area (Å²) in [6, 6.07) is 0. The Morgan fingerprint density at radius 3 is 2.23 bits per heavy atom. The minimum Gasteiger partial charge on any atom is -0.395 e. The summed E-state index contributed by atoms with van der Waals surface area (Å²) in [5.74, 6) is -0.0683. The molecule has 0 aliphatic heterocycles. The van der Waals surface area contributed by atoms with Crippen LogP contribution in [0.2, 0.25) is 0 Å². The molecule has 0 aromatic heterocycles. The second kappa shape index (κ2) is 7.76. The van der Waals surface area contributed by atoms with Gasteiger partial charge in [-0.25, -0.2) is 0 Å². The van der Waals surface area contributed by atoms with E-state index in [-0.39, 0.29) is 32.2 Å². The molecule has 1 amide bonds. The van der Waals surface area contributed by atoms with Gasteiger partial charge in [0.1, 0.15) is 0 Å². The fourth-order valence-corrected chi connectivity index (χ4v) is 0.950. The van der Waals surface area contributed by atoms with E-state index in [0.29, 0.717) is 6.42 Å². The Labute approximate surface area is 78.5 Å². The van der Waals surface area contributed by atoms with E-state index in [2.05, 4.69) is 0 Å². The van der Waals surface area contributed by atoms with Gasteiger partial charge in [-0.05, 0) is 6.92 Å². The van der Waals surface area contributed by atoms with Crippen molar-refractivity contribution in [1.29, 1.82) is 0 Å². The first kappa shape index (κ1) is 12.1. The first-order chi connectivity index (χ1) is 6.26. The highest BCUT2D eigenvalue weighted by Gasteiger charge is 2.09. The molecule has 0 rings (SSSR count). The molecule has 0 saturated heterocycles. The van der Waals surface area contributed by atoms with Gasteiger partial charge in [0, 0.05) is 19.5 Å². The number of nitrogens with zero attached hydrogens (tertiary/aromatic N) is 1. The number of hydrogen-bond donors (Lipinski definition) is 2. The van der Waals surface area contributed by atoms with Gasteiger partial charge >= 0.3 is 0 Å². The lowest BCUT2D eigenvalue weighted by Crippen LogP contribution is -2.35. The number of amides is 1. The van der Waals surface area contributed by atoms with Crippen molar-refractivity contribution in [3.63, 3.8) is 0 Å². The number of aliphatic hydroxyl groups is 2. The van der Waals surface area contributed by atoms with Crippen LogP contribution < -0.4 is 0 Å². The molecule has 0 spiro atoms. The summed E-state index contributed by atoms with van der Waals surface area (Å²) in [5.41, 5.74) is 0. The summed E-state index contributed by atoms with van der Waals surface area (Å²) in [6.45, 7) is 2.28. The van der Waals surface area contributed by atoms with Gasteiger partial charge in [-0.15, -0.1) is 0 Å². The van der Waals surface area contributed by atoms with Crippen molar-refractivity contribution in [2.24, 2.45) is 0 Å². The van der Waals surface area contributed by atoms with Crippen molar-refractivity contribution in [3.05, 3.63) is 12.2 Å². The number of carbonyl (C=O) groups excluding carboxylic acids is 1. The second-order valence-electron chi connectivity index (χ2n) is 2.60. The Hall–Kier alpha value is -0.870. The molecule has 0 radical (unpaired) electrons. The maximum absolute atomic E-state index is 11.3. The van der Waals surface area contributed by atoms with Gasteiger partial charge < -0.3 is 15.1 Å². The molecule has 4 heteroatoms. The molecule has 0 saturated carbocycles. The van der Waals surface area contributed by atoms with Crippen LogP contribution >= 0.6 is 0 Å². The molecule has 0 aliphatic carbocycles. The van der Waals surface area contributed by atoms with Gasteiger partial charge in [0.2, 0.25) is 5.91 Å². The maximum atomic E-state index is 11.3. The Morgan fingerprint density at radius 2 is 1.85 bits per heavy atom. The van der Waals surface area contributed by atoms with Crippen molar-refractivity contribution in [2.45, 2.75) is 13.3 Å². The third-order valence-electron chi connectivity index (χ3n) is 1.62. The van der Waals surface area contributed by atoms with Gasteiger partial charge in [0.05, 0.1) is 13.2 Å². The Balaban J connectivity index is 3.94. The molecule has 0 aromatic carbocycles. The molecule has 0 heterocycles. The fraction of sp³-hybridized carbons (Fsp3) is 0.667. The minimum absolute atomic E-state index is 0.0679. The third kappa shape index (κ3) is 5.38. The van der Waals surface area contributed by atoms with Crippen molar-refractivity contribution < 1.29 is 15.0 Å². The quantitative estimate of drug-likeness (QED) is 0.564. The highest BCUT2D eigenvalue weighted by molar-refractivity contribution is 5.77. The van der Waals surface area contributed by atoms with Crippen molar-refractivity contribution >= 4 is 5.91 Å². The Bertz CT molecular complexity index is 162. The highest BCUT2D eigenvalue weighted by atomic mass is 16.3. The molecule has 2 N–H and O–H groups in total. The molecule has 4 nitrogen and oxygen atoms in total. The number of hydrogen-bond acceptors (Lipinski definition) is 3. The third-order valence-corrected chi connectivity index (χ3v) is 1.62. The van der Waals surface area contributed by atoms with Gasteiger partial charge in [-0.2, -0.15) is 0 Å². The zero-order valence-electron chi connectivity index (χ0n) is 7.94. The van der Waals surface area contributed by atoms with Gasteiger partial charge in [-0.1, -0.05) is 12.2 Å². The molecule has 0 unspecified atom stereocenters. The summed E-state index contributed by atoms with van der Waals surface area (Å²) >= 11 is 0. The predicted octanol–water partition coefficient (Wildman–Crippen LogP) is -0.234. The highest BCUT2D eigenvalue weighted by Crippen LogP contribution is 1.94. The van der Waals surface area contributed by atoms with Crippen LogP contribution in [0.4, 0.5) is 0 Å². The Kier molecular flexibility index (Phi) is 7.24. The molecule has 0 atom stereocenters. The van der Waals surface area contributed by atoms with E-state index in [0.717, 1.165) is 0 Å². The van der Waals surface area contributed by atoms with E-state index in [1.807, 2.05) is 6.92 Å². The van der Waals surface area contributed by atoms with Gasteiger partial charge in [0.25, 0.3) is 0 Å². The van der Waals surface area contributed by atoms with Crippen molar-refractivity contribution in [1.82, 2.24) is 4.90 Å². The van der Waals surface area contributed by atoms with E-state index < -0.39 is 0 Å². The lowest BCUT2D eigenvalue weighted by atomic mass is 10.3. The van der Waals surface area contributed by atoms with E-state index in [1.54, 1.807) is 12.2 Å². The monoisotopic (exact) mass is 187 g/mol. The van der Waals surface area contributed by atoms with Crippen LogP contribution in [0.25, 0.3) is 0 Å². The average Bonchev–Trinajstić information content (AvgIpc) is 2.14. The summed E-state index contributed by atoms with van der Waals surface area (Å²) < 4.78 is 0. The van der Waals surface area contributed by atoms with E-state index in [1.165, 1.54) is 4.90 Å². The lowest BCUT2D eigenvalue weighted by Gasteiger charge is -2.19. The molecular formula is C9H17NO3. The van der Waals surface area contributed by atoms with Crippen LogP contribution in [0, 0.1) is 0 Å². The maximum Gasteiger partial charge on any atom is 0.226 e. The van der Waals surface area contributed by atoms with E-state index >= 15 is 0 Å². The number of aliphatic hydroxyl groups excluding tert-OH is 2. The van der Waals surface area contributed by atoms with Crippen LogP contribution in [0.5, 0.6) is 0 Å². The number of allylic oxidation sites excluding steroid dienone is 1. The lowest BCUT2D eigenvalue weighted by molar-refractivity contribution is -0.131. The molecule has 0 fully saturated rings. The summed E-state index contributed by atoms with van der Waals surface area (Å²) in [5, 5.41) is 17.3. The molecular weight excluding hydrogens is 170 g/mol. The van der Waals surface area contributed by atoms with Crippen molar-refractivity contribution in [2.75, 3.05) is 26.3 Å². The minimum atomic E-state index is -0.0683. The van der Waals surface area contributed by atoms with Crippen LogP contribution in [0.3, 0.4) is 0 Å². The van der Waals surface area contributed by atoms with E-state index in [4.69, 9.17) is 10.2 Å². The van der Waals surface area contributed by atoms with Gasteiger partial charge in [0.15, 0.2) is 0 Å².